The molecule has 10 heteroatoms. The molecule has 0 radical (unpaired) electrons. The molecule has 0 aliphatic rings. The van der Waals surface area contributed by atoms with Gasteiger partial charge in [0.15, 0.2) is 5.76 Å². The summed E-state index contributed by atoms with van der Waals surface area (Å²) in [4.78, 5) is 24.1. The Kier molecular flexibility index (Phi) is 4.47. The van der Waals surface area contributed by atoms with Crippen molar-refractivity contribution in [3.8, 4) is 11.5 Å². The molecule has 27 heavy (non-hydrogen) atoms. The van der Waals surface area contributed by atoms with Crippen LogP contribution in [0.1, 0.15) is 0 Å². The second kappa shape index (κ2) is 7.08. The van der Waals surface area contributed by atoms with Gasteiger partial charge in [-0.1, -0.05) is 17.8 Å². The number of carbonyl (C=O) groups is 1. The molecule has 8 nitrogen and oxygen atoms in total. The SMILES string of the molecule is O=C(CSc1n[nH]c(=O)c2cc(-c3ccco3)nn12)Nc1cccc(F)c1. The van der Waals surface area contributed by atoms with Crippen molar-refractivity contribution >= 4 is 28.9 Å². The molecule has 0 bridgehead atoms. The van der Waals surface area contributed by atoms with Crippen LogP contribution in [0.5, 0.6) is 0 Å². The minimum absolute atomic E-state index is 0.000598. The van der Waals surface area contributed by atoms with Crippen molar-refractivity contribution in [2.75, 3.05) is 11.1 Å². The van der Waals surface area contributed by atoms with E-state index in [1.54, 1.807) is 24.3 Å². The van der Waals surface area contributed by atoms with Gasteiger partial charge in [0.05, 0.1) is 12.0 Å². The Bertz CT molecular complexity index is 1170. The molecule has 3 heterocycles. The van der Waals surface area contributed by atoms with E-state index in [1.165, 1.54) is 29.0 Å². The first-order valence-corrected chi connectivity index (χ1v) is 8.79. The number of rotatable bonds is 5. The maximum Gasteiger partial charge on any atom is 0.290 e. The molecule has 3 aromatic heterocycles. The molecule has 1 amide bonds. The van der Waals surface area contributed by atoms with E-state index in [9.17, 15) is 14.0 Å². The fraction of sp³-hybridized carbons (Fsp3) is 0.0588. The Hall–Kier alpha value is -3.40. The van der Waals surface area contributed by atoms with E-state index in [1.807, 2.05) is 0 Å². The largest absolute Gasteiger partial charge is 0.463 e. The van der Waals surface area contributed by atoms with Gasteiger partial charge in [-0.05, 0) is 30.3 Å². The van der Waals surface area contributed by atoms with Crippen LogP contribution in [0, 0.1) is 5.82 Å². The quantitative estimate of drug-likeness (QED) is 0.512. The number of hydrogen-bond acceptors (Lipinski definition) is 6. The van der Waals surface area contributed by atoms with E-state index >= 15 is 0 Å². The van der Waals surface area contributed by atoms with Gasteiger partial charge in [0.1, 0.15) is 17.0 Å². The van der Waals surface area contributed by atoms with Gasteiger partial charge in [0.25, 0.3) is 5.56 Å². The number of carbonyl (C=O) groups excluding carboxylic acids is 1. The number of nitrogens with zero attached hydrogens (tertiary/aromatic N) is 3. The molecule has 0 spiro atoms. The topological polar surface area (TPSA) is 105 Å². The minimum atomic E-state index is -0.438. The molecule has 0 aliphatic heterocycles. The third-order valence-electron chi connectivity index (χ3n) is 3.59. The number of aromatic nitrogens is 4. The summed E-state index contributed by atoms with van der Waals surface area (Å²) in [6.07, 6.45) is 1.51. The second-order valence-electron chi connectivity index (χ2n) is 5.49. The van der Waals surface area contributed by atoms with E-state index in [0.717, 1.165) is 11.8 Å². The van der Waals surface area contributed by atoms with E-state index in [4.69, 9.17) is 4.42 Å². The van der Waals surface area contributed by atoms with Gasteiger partial charge < -0.3 is 9.73 Å². The van der Waals surface area contributed by atoms with E-state index < -0.39 is 11.4 Å². The lowest BCUT2D eigenvalue weighted by molar-refractivity contribution is -0.113. The van der Waals surface area contributed by atoms with Gasteiger partial charge in [-0.25, -0.2) is 14.0 Å². The van der Waals surface area contributed by atoms with Gasteiger partial charge >= 0.3 is 0 Å². The Balaban J connectivity index is 1.54. The van der Waals surface area contributed by atoms with Crippen LogP contribution in [0.25, 0.3) is 17.0 Å². The number of benzene rings is 1. The van der Waals surface area contributed by atoms with Gasteiger partial charge in [-0.2, -0.15) is 5.10 Å². The summed E-state index contributed by atoms with van der Waals surface area (Å²) >= 11 is 1.08. The number of halogens is 1. The van der Waals surface area contributed by atoms with E-state index in [-0.39, 0.29) is 17.2 Å². The highest BCUT2D eigenvalue weighted by Crippen LogP contribution is 2.22. The number of hydrogen-bond donors (Lipinski definition) is 2. The van der Waals surface area contributed by atoms with Crippen LogP contribution in [0.15, 0.2) is 63.1 Å². The second-order valence-corrected chi connectivity index (χ2v) is 6.43. The molecule has 4 rings (SSSR count). The number of amides is 1. The molecule has 0 fully saturated rings. The van der Waals surface area contributed by atoms with Crippen molar-refractivity contribution in [3.63, 3.8) is 0 Å². The highest BCUT2D eigenvalue weighted by molar-refractivity contribution is 7.99. The number of aromatic amines is 1. The first kappa shape index (κ1) is 17.0. The molecule has 0 atom stereocenters. The molecule has 4 aromatic rings. The fourth-order valence-electron chi connectivity index (χ4n) is 2.42. The van der Waals surface area contributed by atoms with Crippen LogP contribution in [0.4, 0.5) is 10.1 Å². The minimum Gasteiger partial charge on any atom is -0.463 e. The van der Waals surface area contributed by atoms with Crippen molar-refractivity contribution < 1.29 is 13.6 Å². The third-order valence-corrected chi connectivity index (χ3v) is 4.52. The molecule has 0 saturated heterocycles. The lowest BCUT2D eigenvalue weighted by Gasteiger charge is -2.05. The highest BCUT2D eigenvalue weighted by Gasteiger charge is 2.15. The zero-order valence-corrected chi connectivity index (χ0v) is 14.5. The van der Waals surface area contributed by atoms with Gasteiger partial charge in [0, 0.05) is 11.8 Å². The first-order chi connectivity index (χ1) is 13.1. The predicted octanol–water partition coefficient (Wildman–Crippen LogP) is 2.55. The standard InChI is InChI=1S/C17H12FN5O3S/c18-10-3-1-4-11(7-10)19-15(24)9-27-17-21-20-16(25)13-8-12(22-23(13)17)14-5-2-6-26-14/h1-8H,9H2,(H,19,24)(H,20,25). The number of fused-ring (bicyclic) bond motifs is 1. The van der Waals surface area contributed by atoms with Crippen LogP contribution in [-0.4, -0.2) is 31.5 Å². The van der Waals surface area contributed by atoms with Crippen LogP contribution in [-0.2, 0) is 4.79 Å². The van der Waals surface area contributed by atoms with Crippen LogP contribution < -0.4 is 10.9 Å². The summed E-state index contributed by atoms with van der Waals surface area (Å²) < 4.78 is 19.8. The number of anilines is 1. The van der Waals surface area contributed by atoms with Crippen molar-refractivity contribution in [1.82, 2.24) is 19.8 Å². The summed E-state index contributed by atoms with van der Waals surface area (Å²) in [5.74, 6) is -0.268. The molecular formula is C17H12FN5O3S. The van der Waals surface area contributed by atoms with Crippen LogP contribution >= 0.6 is 11.8 Å². The monoisotopic (exact) mass is 385 g/mol. The molecular weight excluding hydrogens is 373 g/mol. The normalized spacial score (nSPS) is 11.0. The molecule has 0 unspecified atom stereocenters. The van der Waals surface area contributed by atoms with Crippen molar-refractivity contribution in [2.24, 2.45) is 0 Å². The Morgan fingerprint density at radius 2 is 2.19 bits per heavy atom. The summed E-state index contributed by atoms with van der Waals surface area (Å²) in [5, 5.41) is 13.6. The summed E-state index contributed by atoms with van der Waals surface area (Å²) in [6, 6.07) is 10.6. The lowest BCUT2D eigenvalue weighted by Crippen LogP contribution is -2.17. The number of furan rings is 1. The Labute approximate surface area is 155 Å². The molecule has 0 saturated carbocycles. The average Bonchev–Trinajstić information content (AvgIpc) is 3.31. The fourth-order valence-corrected chi connectivity index (χ4v) is 3.13. The maximum absolute atomic E-state index is 13.2. The summed E-state index contributed by atoms with van der Waals surface area (Å²) in [6.45, 7) is 0. The van der Waals surface area contributed by atoms with E-state index in [2.05, 4.69) is 20.6 Å². The summed E-state index contributed by atoms with van der Waals surface area (Å²) in [7, 11) is 0. The van der Waals surface area contributed by atoms with Crippen LogP contribution in [0.3, 0.4) is 0 Å². The third kappa shape index (κ3) is 3.60. The van der Waals surface area contributed by atoms with Crippen molar-refractivity contribution in [1.29, 1.82) is 0 Å². The van der Waals surface area contributed by atoms with Crippen LogP contribution in [0.2, 0.25) is 0 Å². The predicted molar refractivity (Wildman–Crippen MR) is 97.1 cm³/mol. The van der Waals surface area contributed by atoms with E-state index in [0.29, 0.717) is 22.3 Å². The zero-order chi connectivity index (χ0) is 18.8. The first-order valence-electron chi connectivity index (χ1n) is 7.81. The molecule has 0 aliphatic carbocycles. The van der Waals surface area contributed by atoms with Crippen molar-refractivity contribution in [3.05, 3.63) is 64.9 Å². The smallest absolute Gasteiger partial charge is 0.290 e. The number of thioether (sulfide) groups is 1. The van der Waals surface area contributed by atoms with Gasteiger partial charge in [-0.15, -0.1) is 5.10 Å². The highest BCUT2D eigenvalue weighted by atomic mass is 32.2. The van der Waals surface area contributed by atoms with Gasteiger partial charge in [-0.3, -0.25) is 9.59 Å². The molecule has 2 N–H and O–H groups in total. The lowest BCUT2D eigenvalue weighted by atomic mass is 10.3. The summed E-state index contributed by atoms with van der Waals surface area (Å²) in [5.41, 5.74) is 0.710. The zero-order valence-electron chi connectivity index (χ0n) is 13.7. The Morgan fingerprint density at radius 1 is 1.30 bits per heavy atom. The number of nitrogens with one attached hydrogen (secondary N) is 2. The number of H-pyrrole nitrogens is 1. The van der Waals surface area contributed by atoms with Crippen molar-refractivity contribution in [2.45, 2.75) is 5.16 Å². The maximum atomic E-state index is 13.2. The average molecular weight is 385 g/mol. The molecule has 136 valence electrons. The van der Waals surface area contributed by atoms with Gasteiger partial charge in [0.2, 0.25) is 11.1 Å². The Morgan fingerprint density at radius 3 is 2.96 bits per heavy atom. The molecule has 1 aromatic carbocycles.